The predicted molar refractivity (Wildman–Crippen MR) is 37.2 cm³/mol. The summed E-state index contributed by atoms with van der Waals surface area (Å²) in [6, 6.07) is 0. The van der Waals surface area contributed by atoms with E-state index in [-0.39, 0.29) is 0 Å². The molecular weight excluding hydrogens is 126 g/mol. The Morgan fingerprint density at radius 2 is 2.71 bits per heavy atom. The SMILES string of the molecule is CSC1NC=CS1. The van der Waals surface area contributed by atoms with E-state index in [1.807, 2.05) is 29.7 Å². The van der Waals surface area contributed by atoms with Crippen LogP contribution in [0.25, 0.3) is 0 Å². The molecule has 1 nitrogen and oxygen atoms in total. The zero-order valence-electron chi connectivity index (χ0n) is 4.05. The standard InChI is InChI=1S/C4H7NS2/c1-6-4-5-2-3-7-4/h2-5H,1H3. The first kappa shape index (κ1) is 5.38. The van der Waals surface area contributed by atoms with Crippen LogP contribution in [-0.2, 0) is 0 Å². The summed E-state index contributed by atoms with van der Waals surface area (Å²) in [5.41, 5.74) is 0. The summed E-state index contributed by atoms with van der Waals surface area (Å²) in [7, 11) is 0. The molecule has 0 fully saturated rings. The molecule has 0 saturated heterocycles. The molecular formula is C4H7NS2. The summed E-state index contributed by atoms with van der Waals surface area (Å²) in [6.45, 7) is 0. The molecule has 0 aromatic carbocycles. The highest BCUT2D eigenvalue weighted by Gasteiger charge is 2.04. The van der Waals surface area contributed by atoms with E-state index in [0.29, 0.717) is 4.71 Å². The van der Waals surface area contributed by atoms with Crippen LogP contribution in [0.15, 0.2) is 11.6 Å². The lowest BCUT2D eigenvalue weighted by Crippen LogP contribution is -2.09. The van der Waals surface area contributed by atoms with Gasteiger partial charge in [0, 0.05) is 6.20 Å². The Hall–Kier alpha value is 0.240. The van der Waals surface area contributed by atoms with Crippen molar-refractivity contribution in [1.29, 1.82) is 0 Å². The number of hydrogen-bond acceptors (Lipinski definition) is 3. The maximum Gasteiger partial charge on any atom is 0.123 e. The van der Waals surface area contributed by atoms with Gasteiger partial charge in [-0.1, -0.05) is 11.8 Å². The monoisotopic (exact) mass is 133 g/mol. The largest absolute Gasteiger partial charge is 0.370 e. The third-order valence-electron chi connectivity index (χ3n) is 0.717. The fourth-order valence-electron chi connectivity index (χ4n) is 0.391. The molecule has 0 aromatic heterocycles. The molecule has 1 atom stereocenters. The van der Waals surface area contributed by atoms with Gasteiger partial charge in [-0.25, -0.2) is 0 Å². The second-order valence-electron chi connectivity index (χ2n) is 1.17. The van der Waals surface area contributed by atoms with Crippen LogP contribution >= 0.6 is 23.5 Å². The van der Waals surface area contributed by atoms with Gasteiger partial charge in [0.2, 0.25) is 0 Å². The van der Waals surface area contributed by atoms with E-state index >= 15 is 0 Å². The van der Waals surface area contributed by atoms with Crippen molar-refractivity contribution in [3.8, 4) is 0 Å². The molecule has 0 aromatic rings. The van der Waals surface area contributed by atoms with Crippen LogP contribution in [0.1, 0.15) is 0 Å². The molecule has 0 radical (unpaired) electrons. The molecule has 0 saturated carbocycles. The fraction of sp³-hybridized carbons (Fsp3) is 0.500. The minimum Gasteiger partial charge on any atom is -0.370 e. The number of nitrogens with one attached hydrogen (secondary N) is 1. The lowest BCUT2D eigenvalue weighted by atomic mass is 11.0. The number of thioether (sulfide) groups is 2. The van der Waals surface area contributed by atoms with Gasteiger partial charge in [0.1, 0.15) is 4.71 Å². The zero-order chi connectivity index (χ0) is 5.11. The molecule has 7 heavy (non-hydrogen) atoms. The van der Waals surface area contributed by atoms with E-state index in [0.717, 1.165) is 0 Å². The van der Waals surface area contributed by atoms with E-state index in [2.05, 4.69) is 17.0 Å². The van der Waals surface area contributed by atoms with Crippen molar-refractivity contribution in [3.05, 3.63) is 11.6 Å². The van der Waals surface area contributed by atoms with Crippen molar-refractivity contribution in [1.82, 2.24) is 5.32 Å². The van der Waals surface area contributed by atoms with E-state index in [1.54, 1.807) is 0 Å². The predicted octanol–water partition coefficient (Wildman–Crippen LogP) is 1.44. The van der Waals surface area contributed by atoms with E-state index < -0.39 is 0 Å². The Morgan fingerprint density at radius 1 is 1.86 bits per heavy atom. The van der Waals surface area contributed by atoms with Crippen molar-refractivity contribution >= 4 is 23.5 Å². The lowest BCUT2D eigenvalue weighted by molar-refractivity contribution is 1.03. The molecule has 0 amide bonds. The molecule has 1 rings (SSSR count). The quantitative estimate of drug-likeness (QED) is 0.581. The second kappa shape index (κ2) is 2.52. The summed E-state index contributed by atoms with van der Waals surface area (Å²) in [4.78, 5) is 0. The van der Waals surface area contributed by atoms with Crippen molar-refractivity contribution in [2.24, 2.45) is 0 Å². The average Bonchev–Trinajstić information content (AvgIpc) is 2.14. The van der Waals surface area contributed by atoms with Crippen molar-refractivity contribution < 1.29 is 0 Å². The summed E-state index contributed by atoms with van der Waals surface area (Å²) in [5.74, 6) is 0. The Morgan fingerprint density at radius 3 is 3.00 bits per heavy atom. The smallest absolute Gasteiger partial charge is 0.123 e. The highest BCUT2D eigenvalue weighted by Crippen LogP contribution is 2.23. The van der Waals surface area contributed by atoms with Crippen LogP contribution in [0.2, 0.25) is 0 Å². The highest BCUT2D eigenvalue weighted by molar-refractivity contribution is 8.18. The highest BCUT2D eigenvalue weighted by atomic mass is 32.2. The van der Waals surface area contributed by atoms with Gasteiger partial charge in [-0.05, 0) is 11.7 Å². The summed E-state index contributed by atoms with van der Waals surface area (Å²) in [6.07, 6.45) is 4.07. The second-order valence-corrected chi connectivity index (χ2v) is 3.43. The van der Waals surface area contributed by atoms with Gasteiger partial charge < -0.3 is 5.32 Å². The Kier molecular flexibility index (Phi) is 1.94. The molecule has 3 heteroatoms. The molecule has 1 aliphatic rings. The van der Waals surface area contributed by atoms with Gasteiger partial charge in [-0.3, -0.25) is 0 Å². The normalized spacial score (nSPS) is 27.9. The molecule has 1 N–H and O–H groups in total. The third kappa shape index (κ3) is 1.31. The molecule has 1 unspecified atom stereocenters. The number of hydrogen-bond donors (Lipinski definition) is 1. The minimum absolute atomic E-state index is 0.569. The van der Waals surface area contributed by atoms with Crippen molar-refractivity contribution in [2.75, 3.05) is 6.26 Å². The van der Waals surface area contributed by atoms with Gasteiger partial charge in [-0.2, -0.15) is 0 Å². The van der Waals surface area contributed by atoms with Crippen LogP contribution in [0.5, 0.6) is 0 Å². The van der Waals surface area contributed by atoms with Crippen LogP contribution < -0.4 is 5.32 Å². The first-order valence-corrected chi connectivity index (χ1v) is 4.26. The van der Waals surface area contributed by atoms with Crippen LogP contribution in [0.4, 0.5) is 0 Å². The topological polar surface area (TPSA) is 12.0 Å². The first-order chi connectivity index (χ1) is 3.43. The van der Waals surface area contributed by atoms with Gasteiger partial charge >= 0.3 is 0 Å². The summed E-state index contributed by atoms with van der Waals surface area (Å²) < 4.78 is 0.569. The molecule has 0 bridgehead atoms. The minimum atomic E-state index is 0.569. The summed E-state index contributed by atoms with van der Waals surface area (Å²) in [5, 5.41) is 5.22. The molecule has 1 aliphatic heterocycles. The maximum absolute atomic E-state index is 3.15. The Balaban J connectivity index is 2.22. The van der Waals surface area contributed by atoms with Crippen molar-refractivity contribution in [3.63, 3.8) is 0 Å². The van der Waals surface area contributed by atoms with E-state index in [9.17, 15) is 0 Å². The van der Waals surface area contributed by atoms with Gasteiger partial charge in [0.05, 0.1) is 0 Å². The Labute approximate surface area is 51.9 Å². The maximum atomic E-state index is 3.15. The van der Waals surface area contributed by atoms with Gasteiger partial charge in [-0.15, -0.1) is 11.8 Å². The molecule has 0 spiro atoms. The molecule has 40 valence electrons. The summed E-state index contributed by atoms with van der Waals surface area (Å²) >= 11 is 3.64. The van der Waals surface area contributed by atoms with Gasteiger partial charge in [0.25, 0.3) is 0 Å². The van der Waals surface area contributed by atoms with E-state index in [1.165, 1.54) is 0 Å². The zero-order valence-corrected chi connectivity index (χ0v) is 5.68. The van der Waals surface area contributed by atoms with E-state index in [4.69, 9.17) is 0 Å². The molecule has 1 heterocycles. The number of rotatable bonds is 1. The average molecular weight is 133 g/mol. The van der Waals surface area contributed by atoms with Crippen LogP contribution in [-0.4, -0.2) is 11.0 Å². The lowest BCUT2D eigenvalue weighted by Gasteiger charge is -2.02. The van der Waals surface area contributed by atoms with Crippen LogP contribution in [0, 0.1) is 0 Å². The van der Waals surface area contributed by atoms with Crippen molar-refractivity contribution in [2.45, 2.75) is 4.71 Å². The fourth-order valence-corrected chi connectivity index (χ4v) is 1.70. The van der Waals surface area contributed by atoms with Crippen LogP contribution in [0.3, 0.4) is 0 Å². The molecule has 0 aliphatic carbocycles. The van der Waals surface area contributed by atoms with Gasteiger partial charge in [0.15, 0.2) is 0 Å². The first-order valence-electron chi connectivity index (χ1n) is 2.03. The Bertz CT molecular complexity index is 73.8. The third-order valence-corrected chi connectivity index (χ3v) is 2.87.